The molecule has 4 aromatic rings. The van der Waals surface area contributed by atoms with Gasteiger partial charge in [0.2, 0.25) is 0 Å². The van der Waals surface area contributed by atoms with E-state index in [1.807, 2.05) is 42.5 Å². The van der Waals surface area contributed by atoms with Crippen molar-refractivity contribution in [3.05, 3.63) is 94.2 Å². The van der Waals surface area contributed by atoms with Crippen LogP contribution in [0.2, 0.25) is 0 Å². The summed E-state index contributed by atoms with van der Waals surface area (Å²) in [5, 5.41) is 3.01. The lowest BCUT2D eigenvalue weighted by atomic mass is 10.1. The molecule has 0 unspecified atom stereocenters. The molecule has 0 saturated heterocycles. The van der Waals surface area contributed by atoms with E-state index in [2.05, 4.69) is 63.1 Å². The van der Waals surface area contributed by atoms with E-state index in [0.717, 1.165) is 60.2 Å². The molecule has 0 aliphatic heterocycles. The molecule has 1 N–H and O–H groups in total. The minimum atomic E-state index is -0.0269. The third-order valence-electron chi connectivity index (χ3n) is 5.97. The number of nitrogens with zero attached hydrogens (tertiary/aromatic N) is 2. The number of rotatable bonds is 12. The molecule has 0 saturated carbocycles. The van der Waals surface area contributed by atoms with Crippen LogP contribution >= 0.6 is 15.9 Å². The number of carbonyl (C=O) groups is 1. The molecule has 6 heteroatoms. The predicted molar refractivity (Wildman–Crippen MR) is 145 cm³/mol. The molecule has 1 amide bonds. The van der Waals surface area contributed by atoms with Crippen molar-refractivity contribution in [2.24, 2.45) is 0 Å². The van der Waals surface area contributed by atoms with Crippen LogP contribution in [-0.4, -0.2) is 28.6 Å². The molecule has 0 fully saturated rings. The van der Waals surface area contributed by atoms with E-state index in [1.54, 1.807) is 0 Å². The Bertz CT molecular complexity index is 1270. The van der Waals surface area contributed by atoms with Gasteiger partial charge in [-0.05, 0) is 74.2 Å². The van der Waals surface area contributed by atoms with Crippen LogP contribution in [0.1, 0.15) is 47.4 Å². The second-order valence-electron chi connectivity index (χ2n) is 8.76. The second kappa shape index (κ2) is 12.5. The summed E-state index contributed by atoms with van der Waals surface area (Å²) in [5.41, 5.74) is 4.11. The first-order valence-electron chi connectivity index (χ1n) is 12.3. The number of nitrogens with one attached hydrogen (secondary N) is 1. The van der Waals surface area contributed by atoms with E-state index in [0.29, 0.717) is 18.7 Å². The van der Waals surface area contributed by atoms with Gasteiger partial charge in [0, 0.05) is 29.5 Å². The molecule has 0 aliphatic carbocycles. The monoisotopic (exact) mass is 533 g/mol. The van der Waals surface area contributed by atoms with Gasteiger partial charge >= 0.3 is 0 Å². The van der Waals surface area contributed by atoms with Crippen molar-refractivity contribution in [3.63, 3.8) is 0 Å². The molecular formula is C29H32BrN3O2. The van der Waals surface area contributed by atoms with Gasteiger partial charge in [-0.25, -0.2) is 4.98 Å². The number of fused-ring (bicyclic) bond motifs is 1. The first kappa shape index (κ1) is 25.0. The smallest absolute Gasteiger partial charge is 0.251 e. The quantitative estimate of drug-likeness (QED) is 0.205. The van der Waals surface area contributed by atoms with Crippen molar-refractivity contribution in [3.8, 4) is 5.75 Å². The number of hydrogen-bond acceptors (Lipinski definition) is 3. The first-order chi connectivity index (χ1) is 17.1. The fourth-order valence-electron chi connectivity index (χ4n) is 4.20. The van der Waals surface area contributed by atoms with Crippen molar-refractivity contribution in [2.45, 2.75) is 45.6 Å². The van der Waals surface area contributed by atoms with E-state index in [-0.39, 0.29) is 5.91 Å². The average Bonchev–Trinajstić information content (AvgIpc) is 3.21. The van der Waals surface area contributed by atoms with Crippen LogP contribution in [0, 0.1) is 6.92 Å². The summed E-state index contributed by atoms with van der Waals surface area (Å²) in [6.07, 6.45) is 4.87. The van der Waals surface area contributed by atoms with Gasteiger partial charge in [-0.15, -0.1) is 0 Å². The van der Waals surface area contributed by atoms with Gasteiger partial charge in [-0.3, -0.25) is 4.79 Å². The van der Waals surface area contributed by atoms with Crippen LogP contribution < -0.4 is 10.1 Å². The highest BCUT2D eigenvalue weighted by Gasteiger charge is 2.10. The lowest BCUT2D eigenvalue weighted by Gasteiger charge is -2.11. The summed E-state index contributed by atoms with van der Waals surface area (Å²) < 4.78 is 9.20. The highest BCUT2D eigenvalue weighted by Crippen LogP contribution is 2.19. The lowest BCUT2D eigenvalue weighted by Crippen LogP contribution is -2.24. The topological polar surface area (TPSA) is 56.1 Å². The van der Waals surface area contributed by atoms with Crippen molar-refractivity contribution < 1.29 is 9.53 Å². The molecular weight excluding hydrogens is 502 g/mol. The number of carbonyl (C=O) groups excluding carboxylic acids is 1. The Hall–Kier alpha value is -3.12. The van der Waals surface area contributed by atoms with Crippen molar-refractivity contribution >= 4 is 32.9 Å². The number of unbranched alkanes of at least 4 members (excludes halogenated alkanes) is 2. The summed E-state index contributed by atoms with van der Waals surface area (Å²) in [4.78, 5) is 17.2. The summed E-state index contributed by atoms with van der Waals surface area (Å²) >= 11 is 3.41. The number of ether oxygens (including phenoxy) is 1. The van der Waals surface area contributed by atoms with Crippen LogP contribution in [0.15, 0.2) is 77.3 Å². The highest BCUT2D eigenvalue weighted by molar-refractivity contribution is 9.10. The van der Waals surface area contributed by atoms with Crippen LogP contribution in [0.25, 0.3) is 11.0 Å². The minimum absolute atomic E-state index is 0.0269. The maximum Gasteiger partial charge on any atom is 0.251 e. The van der Waals surface area contributed by atoms with Crippen LogP contribution in [-0.2, 0) is 13.0 Å². The lowest BCUT2D eigenvalue weighted by molar-refractivity contribution is 0.0953. The Morgan fingerprint density at radius 2 is 1.83 bits per heavy atom. The molecule has 0 bridgehead atoms. The first-order valence-corrected chi connectivity index (χ1v) is 13.1. The molecule has 1 heterocycles. The third kappa shape index (κ3) is 7.18. The number of imidazole rings is 1. The SMILES string of the molecule is Cc1cccc(OCCCn2c(CCCCCNC(=O)c3cccc(Br)c3)nc3ccccc32)c1. The zero-order valence-corrected chi connectivity index (χ0v) is 21.8. The number of halogens is 1. The number of para-hydroxylation sites is 2. The molecule has 0 radical (unpaired) electrons. The van der Waals surface area contributed by atoms with Gasteiger partial charge in [-0.1, -0.05) is 52.7 Å². The Labute approximate surface area is 215 Å². The van der Waals surface area contributed by atoms with Crippen LogP contribution in [0.4, 0.5) is 0 Å². The van der Waals surface area contributed by atoms with Gasteiger partial charge < -0.3 is 14.6 Å². The largest absolute Gasteiger partial charge is 0.494 e. The van der Waals surface area contributed by atoms with Gasteiger partial charge in [0.1, 0.15) is 11.6 Å². The molecule has 5 nitrogen and oxygen atoms in total. The summed E-state index contributed by atoms with van der Waals surface area (Å²) in [6, 6.07) is 24.0. The molecule has 4 rings (SSSR count). The summed E-state index contributed by atoms with van der Waals surface area (Å²) in [5.74, 6) is 2.02. The maximum absolute atomic E-state index is 12.3. The molecule has 3 aromatic carbocycles. The molecule has 1 aromatic heterocycles. The Balaban J connectivity index is 1.24. The number of aromatic nitrogens is 2. The van der Waals surface area contributed by atoms with E-state index in [1.165, 1.54) is 11.1 Å². The maximum atomic E-state index is 12.3. The van der Waals surface area contributed by atoms with Crippen molar-refractivity contribution in [2.75, 3.05) is 13.2 Å². The zero-order valence-electron chi connectivity index (χ0n) is 20.2. The van der Waals surface area contributed by atoms with Gasteiger partial charge in [0.05, 0.1) is 17.6 Å². The third-order valence-corrected chi connectivity index (χ3v) is 6.46. The van der Waals surface area contributed by atoms with Gasteiger partial charge in [-0.2, -0.15) is 0 Å². The number of hydrogen-bond donors (Lipinski definition) is 1. The number of amides is 1. The summed E-state index contributed by atoms with van der Waals surface area (Å²) in [6.45, 7) is 4.31. The van der Waals surface area contributed by atoms with Crippen molar-refractivity contribution in [1.29, 1.82) is 0 Å². The summed E-state index contributed by atoms with van der Waals surface area (Å²) in [7, 11) is 0. The highest BCUT2D eigenvalue weighted by atomic mass is 79.9. The number of aryl methyl sites for hydroxylation is 3. The van der Waals surface area contributed by atoms with Crippen LogP contribution in [0.3, 0.4) is 0 Å². The van der Waals surface area contributed by atoms with Gasteiger partial charge in [0.15, 0.2) is 0 Å². The predicted octanol–water partition coefficient (Wildman–Crippen LogP) is 6.72. The normalized spacial score (nSPS) is 11.0. The Kier molecular flexibility index (Phi) is 8.96. The fraction of sp³-hybridized carbons (Fsp3) is 0.310. The number of benzene rings is 3. The molecule has 0 aliphatic rings. The van der Waals surface area contributed by atoms with Crippen LogP contribution in [0.5, 0.6) is 5.75 Å². The van der Waals surface area contributed by atoms with Gasteiger partial charge in [0.25, 0.3) is 5.91 Å². The zero-order chi connectivity index (χ0) is 24.5. The van der Waals surface area contributed by atoms with Crippen molar-refractivity contribution in [1.82, 2.24) is 14.9 Å². The van der Waals surface area contributed by atoms with E-state index < -0.39 is 0 Å². The Morgan fingerprint density at radius 3 is 2.69 bits per heavy atom. The Morgan fingerprint density at radius 1 is 0.971 bits per heavy atom. The van der Waals surface area contributed by atoms with E-state index in [9.17, 15) is 4.79 Å². The minimum Gasteiger partial charge on any atom is -0.494 e. The standard InChI is InChI=1S/C29H32BrN3O2/c1-22-10-7-13-25(20-22)35-19-9-18-33-27-15-5-4-14-26(27)32-28(33)16-3-2-6-17-31-29(34)23-11-8-12-24(30)21-23/h4-5,7-8,10-15,20-21H,2-3,6,9,16-19H2,1H3,(H,31,34). The molecule has 0 spiro atoms. The molecule has 0 atom stereocenters. The molecule has 35 heavy (non-hydrogen) atoms. The fourth-order valence-corrected chi connectivity index (χ4v) is 4.60. The van der Waals surface area contributed by atoms with E-state index in [4.69, 9.17) is 9.72 Å². The molecule has 182 valence electrons. The second-order valence-corrected chi connectivity index (χ2v) is 9.68. The van der Waals surface area contributed by atoms with E-state index >= 15 is 0 Å². The average molecular weight is 534 g/mol.